The maximum absolute atomic E-state index is 11.3. The number of carbonyl (C=O) groups excluding carboxylic acids is 1. The van der Waals surface area contributed by atoms with Gasteiger partial charge in [-0.2, -0.15) is 0 Å². The summed E-state index contributed by atoms with van der Waals surface area (Å²) >= 11 is 0. The van der Waals surface area contributed by atoms with Gasteiger partial charge in [-0.3, -0.25) is 4.79 Å². The Morgan fingerprint density at radius 2 is 2.00 bits per heavy atom. The lowest BCUT2D eigenvalue weighted by Crippen LogP contribution is -2.35. The van der Waals surface area contributed by atoms with Gasteiger partial charge >= 0.3 is 0 Å². The monoisotopic (exact) mass is 272 g/mol. The minimum Gasteiger partial charge on any atom is -0.398 e. The topological polar surface area (TPSA) is 127 Å². The van der Waals surface area contributed by atoms with Crippen molar-refractivity contribution in [1.82, 2.24) is 5.32 Å². The van der Waals surface area contributed by atoms with Crippen LogP contribution in [0.3, 0.4) is 0 Å². The van der Waals surface area contributed by atoms with Crippen LogP contribution >= 0.6 is 0 Å². The van der Waals surface area contributed by atoms with Gasteiger partial charge in [0.25, 0.3) is 0 Å². The Bertz CT molecular complexity index is 556. The van der Waals surface area contributed by atoms with Crippen LogP contribution in [-0.4, -0.2) is 27.4 Å². The van der Waals surface area contributed by atoms with Crippen LogP contribution < -0.4 is 21.5 Å². The Kier molecular flexibility index (Phi) is 4.15. The zero-order valence-corrected chi connectivity index (χ0v) is 10.9. The first-order valence-electron chi connectivity index (χ1n) is 5.16. The molecule has 0 heterocycles. The highest BCUT2D eigenvalue weighted by Crippen LogP contribution is 2.21. The molecule has 0 fully saturated rings. The van der Waals surface area contributed by atoms with Crippen LogP contribution in [0.4, 0.5) is 11.4 Å². The van der Waals surface area contributed by atoms with Crippen molar-refractivity contribution in [2.24, 2.45) is 5.14 Å². The van der Waals surface area contributed by atoms with Crippen LogP contribution in [0.1, 0.15) is 6.92 Å². The van der Waals surface area contributed by atoms with Gasteiger partial charge in [0.2, 0.25) is 15.9 Å². The number of anilines is 2. The first kappa shape index (κ1) is 14.3. The van der Waals surface area contributed by atoms with Crippen LogP contribution in [-0.2, 0) is 14.8 Å². The van der Waals surface area contributed by atoms with E-state index in [1.807, 2.05) is 0 Å². The van der Waals surface area contributed by atoms with Gasteiger partial charge < -0.3 is 16.4 Å². The third-order valence-corrected chi connectivity index (χ3v) is 3.32. The fourth-order valence-electron chi connectivity index (χ4n) is 1.43. The molecule has 100 valence electrons. The number of hydrogen-bond donors (Lipinski definition) is 4. The summed E-state index contributed by atoms with van der Waals surface area (Å²) in [5, 5.41) is 10.4. The molecule has 0 saturated carbocycles. The van der Waals surface area contributed by atoms with Gasteiger partial charge in [-0.05, 0) is 25.1 Å². The third-order valence-electron chi connectivity index (χ3n) is 2.34. The van der Waals surface area contributed by atoms with E-state index in [0.717, 1.165) is 0 Å². The molecule has 1 unspecified atom stereocenters. The molecule has 1 amide bonds. The zero-order chi connectivity index (χ0) is 13.9. The summed E-state index contributed by atoms with van der Waals surface area (Å²) in [5.74, 6) is -0.191. The zero-order valence-electron chi connectivity index (χ0n) is 10.1. The van der Waals surface area contributed by atoms with Crippen LogP contribution in [0.15, 0.2) is 23.1 Å². The normalized spacial score (nSPS) is 12.8. The lowest BCUT2D eigenvalue weighted by molar-refractivity contribution is -0.121. The van der Waals surface area contributed by atoms with E-state index < -0.39 is 16.1 Å². The van der Waals surface area contributed by atoms with E-state index in [-0.39, 0.29) is 16.5 Å². The molecule has 6 N–H and O–H groups in total. The average Bonchev–Trinajstić information content (AvgIpc) is 2.26. The SMILES string of the molecule is CNC(=O)C(C)Nc1ccc(S(N)(=O)=O)c(N)c1. The molecule has 18 heavy (non-hydrogen) atoms. The standard InChI is InChI=1S/C10H16N4O3S/c1-6(10(15)13-2)14-7-3-4-9(8(11)5-7)18(12,16)17/h3-6,14H,11H2,1-2H3,(H,13,15)(H2,12,16,17). The molecule has 1 atom stereocenters. The Morgan fingerprint density at radius 3 is 2.44 bits per heavy atom. The summed E-state index contributed by atoms with van der Waals surface area (Å²) in [5.41, 5.74) is 6.16. The molecule has 0 aliphatic heterocycles. The number of nitrogen functional groups attached to an aromatic ring is 1. The van der Waals surface area contributed by atoms with E-state index in [1.54, 1.807) is 6.92 Å². The second kappa shape index (κ2) is 5.23. The fraction of sp³-hybridized carbons (Fsp3) is 0.300. The smallest absolute Gasteiger partial charge is 0.241 e. The number of carbonyl (C=O) groups is 1. The van der Waals surface area contributed by atoms with Crippen molar-refractivity contribution in [3.8, 4) is 0 Å². The molecule has 7 nitrogen and oxygen atoms in total. The largest absolute Gasteiger partial charge is 0.398 e. The number of nitrogens with two attached hydrogens (primary N) is 2. The van der Waals surface area contributed by atoms with Crippen LogP contribution in [0.2, 0.25) is 0 Å². The lowest BCUT2D eigenvalue weighted by atomic mass is 10.2. The Hall–Kier alpha value is -1.80. The molecule has 0 radical (unpaired) electrons. The number of rotatable bonds is 4. The van der Waals surface area contributed by atoms with E-state index in [2.05, 4.69) is 10.6 Å². The highest BCUT2D eigenvalue weighted by molar-refractivity contribution is 7.89. The Morgan fingerprint density at radius 1 is 1.39 bits per heavy atom. The number of sulfonamides is 1. The Labute approximate surface area is 106 Å². The van der Waals surface area contributed by atoms with Crippen molar-refractivity contribution in [2.45, 2.75) is 17.9 Å². The summed E-state index contributed by atoms with van der Waals surface area (Å²) in [4.78, 5) is 11.2. The molecule has 0 aromatic heterocycles. The van der Waals surface area contributed by atoms with Gasteiger partial charge in [-0.15, -0.1) is 0 Å². The number of primary sulfonamides is 1. The van der Waals surface area contributed by atoms with Crippen LogP contribution in [0.25, 0.3) is 0 Å². The van der Waals surface area contributed by atoms with Crippen molar-refractivity contribution in [3.63, 3.8) is 0 Å². The molecule has 1 aromatic carbocycles. The van der Waals surface area contributed by atoms with Crippen LogP contribution in [0, 0.1) is 0 Å². The summed E-state index contributed by atoms with van der Waals surface area (Å²) in [6.07, 6.45) is 0. The quantitative estimate of drug-likeness (QED) is 0.547. The number of likely N-dealkylation sites (N-methyl/N-ethyl adjacent to an activating group) is 1. The maximum atomic E-state index is 11.3. The van der Waals surface area contributed by atoms with E-state index in [4.69, 9.17) is 10.9 Å². The minimum atomic E-state index is -3.83. The first-order valence-corrected chi connectivity index (χ1v) is 6.71. The number of benzene rings is 1. The molecule has 1 aromatic rings. The second-order valence-corrected chi connectivity index (χ2v) is 5.31. The van der Waals surface area contributed by atoms with E-state index >= 15 is 0 Å². The molecule has 0 saturated heterocycles. The van der Waals surface area contributed by atoms with Gasteiger partial charge in [-0.25, -0.2) is 13.6 Å². The average molecular weight is 272 g/mol. The Balaban J connectivity index is 2.96. The van der Waals surface area contributed by atoms with Gasteiger partial charge in [0.1, 0.15) is 10.9 Å². The highest BCUT2D eigenvalue weighted by Gasteiger charge is 2.14. The molecular weight excluding hydrogens is 256 g/mol. The van der Waals surface area contributed by atoms with E-state index in [1.165, 1.54) is 25.2 Å². The van der Waals surface area contributed by atoms with Crippen LogP contribution in [0.5, 0.6) is 0 Å². The molecule has 0 bridgehead atoms. The lowest BCUT2D eigenvalue weighted by Gasteiger charge is -2.14. The van der Waals surface area contributed by atoms with Crippen molar-refractivity contribution in [3.05, 3.63) is 18.2 Å². The summed E-state index contributed by atoms with van der Waals surface area (Å²) in [6, 6.07) is 3.74. The molecule has 0 aliphatic rings. The highest BCUT2D eigenvalue weighted by atomic mass is 32.2. The molecule has 1 rings (SSSR count). The third kappa shape index (κ3) is 3.34. The van der Waals surface area contributed by atoms with E-state index in [0.29, 0.717) is 5.69 Å². The second-order valence-electron chi connectivity index (χ2n) is 3.78. The van der Waals surface area contributed by atoms with Gasteiger partial charge in [-0.1, -0.05) is 0 Å². The van der Waals surface area contributed by atoms with Gasteiger partial charge in [0.05, 0.1) is 5.69 Å². The number of hydrogen-bond acceptors (Lipinski definition) is 5. The van der Waals surface area contributed by atoms with Gasteiger partial charge in [0, 0.05) is 12.7 Å². The number of nitrogens with one attached hydrogen (secondary N) is 2. The van der Waals surface area contributed by atoms with Crippen molar-refractivity contribution >= 4 is 27.3 Å². The van der Waals surface area contributed by atoms with Crippen molar-refractivity contribution in [2.75, 3.05) is 18.1 Å². The fourth-order valence-corrected chi connectivity index (χ4v) is 2.07. The van der Waals surface area contributed by atoms with E-state index in [9.17, 15) is 13.2 Å². The number of amides is 1. The first-order chi connectivity index (χ1) is 8.25. The van der Waals surface area contributed by atoms with Gasteiger partial charge in [0.15, 0.2) is 0 Å². The van der Waals surface area contributed by atoms with Crippen molar-refractivity contribution in [1.29, 1.82) is 0 Å². The molecular formula is C10H16N4O3S. The molecule has 0 spiro atoms. The molecule has 0 aliphatic carbocycles. The van der Waals surface area contributed by atoms with Crippen molar-refractivity contribution < 1.29 is 13.2 Å². The maximum Gasteiger partial charge on any atom is 0.241 e. The summed E-state index contributed by atoms with van der Waals surface area (Å²) in [6.45, 7) is 1.67. The predicted octanol–water partition coefficient (Wildman–Crippen LogP) is -0.537. The predicted molar refractivity (Wildman–Crippen MR) is 69.4 cm³/mol. The summed E-state index contributed by atoms with van der Waals surface area (Å²) in [7, 11) is -2.31. The molecule has 8 heteroatoms. The minimum absolute atomic E-state index is 0.0339. The summed E-state index contributed by atoms with van der Waals surface area (Å²) < 4.78 is 22.3.